The topological polar surface area (TPSA) is 34.1 Å². The number of nitrogens with one attached hydrogen (secondary N) is 1. The smallest absolute Gasteiger partial charge is 0.119 e. The van der Waals surface area contributed by atoms with Crippen molar-refractivity contribution in [1.82, 2.24) is 10.3 Å². The van der Waals surface area contributed by atoms with Crippen LogP contribution in [0, 0.1) is 5.92 Å². The molecule has 118 valence electrons. The van der Waals surface area contributed by atoms with Gasteiger partial charge in [-0.15, -0.1) is 0 Å². The quantitative estimate of drug-likeness (QED) is 0.714. The number of pyridine rings is 1. The molecule has 0 saturated heterocycles. The Morgan fingerprint density at radius 2 is 1.91 bits per heavy atom. The van der Waals surface area contributed by atoms with E-state index in [2.05, 4.69) is 54.5 Å². The number of aromatic nitrogens is 1. The molecule has 2 aromatic rings. The second kappa shape index (κ2) is 9.21. The van der Waals surface area contributed by atoms with Gasteiger partial charge in [-0.3, -0.25) is 4.98 Å². The Labute approximate surface area is 133 Å². The van der Waals surface area contributed by atoms with Crippen molar-refractivity contribution in [2.24, 2.45) is 5.92 Å². The van der Waals surface area contributed by atoms with E-state index in [4.69, 9.17) is 4.74 Å². The SMILES string of the molecule is CC(C)CCOc1ccc(CNCCc2cccnc2)cc1. The Balaban J connectivity index is 1.66. The average molecular weight is 298 g/mol. The number of hydrogen-bond donors (Lipinski definition) is 1. The highest BCUT2D eigenvalue weighted by molar-refractivity contribution is 5.27. The van der Waals surface area contributed by atoms with Crippen LogP contribution in [0.15, 0.2) is 48.8 Å². The van der Waals surface area contributed by atoms with Crippen LogP contribution < -0.4 is 10.1 Å². The van der Waals surface area contributed by atoms with Crippen LogP contribution >= 0.6 is 0 Å². The molecule has 0 atom stereocenters. The van der Waals surface area contributed by atoms with E-state index in [0.717, 1.165) is 38.3 Å². The minimum atomic E-state index is 0.684. The van der Waals surface area contributed by atoms with E-state index < -0.39 is 0 Å². The number of hydrogen-bond acceptors (Lipinski definition) is 3. The zero-order valence-corrected chi connectivity index (χ0v) is 13.6. The average Bonchev–Trinajstić information content (AvgIpc) is 2.54. The molecule has 0 bridgehead atoms. The number of nitrogens with zero attached hydrogens (tertiary/aromatic N) is 1. The Bertz CT molecular complexity index is 523. The molecule has 1 heterocycles. The third-order valence-electron chi connectivity index (χ3n) is 3.53. The normalized spacial score (nSPS) is 10.9. The predicted molar refractivity (Wildman–Crippen MR) is 91.0 cm³/mol. The zero-order valence-electron chi connectivity index (χ0n) is 13.6. The molecule has 1 N–H and O–H groups in total. The van der Waals surface area contributed by atoms with Crippen LogP contribution in [0.25, 0.3) is 0 Å². The maximum absolute atomic E-state index is 5.73. The van der Waals surface area contributed by atoms with Crippen LogP contribution in [0.1, 0.15) is 31.4 Å². The second-order valence-corrected chi connectivity index (χ2v) is 5.96. The fourth-order valence-corrected chi connectivity index (χ4v) is 2.13. The second-order valence-electron chi connectivity index (χ2n) is 5.96. The first-order chi connectivity index (χ1) is 10.7. The summed E-state index contributed by atoms with van der Waals surface area (Å²) in [4.78, 5) is 4.12. The van der Waals surface area contributed by atoms with Crippen molar-refractivity contribution < 1.29 is 4.74 Å². The van der Waals surface area contributed by atoms with Crippen molar-refractivity contribution in [2.75, 3.05) is 13.2 Å². The molecule has 22 heavy (non-hydrogen) atoms. The summed E-state index contributed by atoms with van der Waals surface area (Å²) < 4.78 is 5.73. The van der Waals surface area contributed by atoms with Gasteiger partial charge in [0.05, 0.1) is 6.61 Å². The number of benzene rings is 1. The van der Waals surface area contributed by atoms with Crippen LogP contribution in [0.3, 0.4) is 0 Å². The number of ether oxygens (including phenoxy) is 1. The van der Waals surface area contributed by atoms with Crippen LogP contribution in [0.4, 0.5) is 0 Å². The van der Waals surface area contributed by atoms with Gasteiger partial charge in [0.25, 0.3) is 0 Å². The van der Waals surface area contributed by atoms with Crippen LogP contribution in [-0.2, 0) is 13.0 Å². The van der Waals surface area contributed by atoms with E-state index in [0.29, 0.717) is 5.92 Å². The van der Waals surface area contributed by atoms with Gasteiger partial charge in [-0.25, -0.2) is 0 Å². The molecule has 0 radical (unpaired) electrons. The lowest BCUT2D eigenvalue weighted by Crippen LogP contribution is -2.16. The lowest BCUT2D eigenvalue weighted by Gasteiger charge is -2.09. The summed E-state index contributed by atoms with van der Waals surface area (Å²) in [5.41, 5.74) is 2.55. The Morgan fingerprint density at radius 1 is 1.09 bits per heavy atom. The third kappa shape index (κ3) is 6.27. The molecule has 0 unspecified atom stereocenters. The van der Waals surface area contributed by atoms with Gasteiger partial charge in [-0.1, -0.05) is 32.0 Å². The van der Waals surface area contributed by atoms with Crippen LogP contribution in [-0.4, -0.2) is 18.1 Å². The largest absolute Gasteiger partial charge is 0.494 e. The van der Waals surface area contributed by atoms with Crippen molar-refractivity contribution in [2.45, 2.75) is 33.2 Å². The molecule has 0 saturated carbocycles. The van der Waals surface area contributed by atoms with Crippen LogP contribution in [0.2, 0.25) is 0 Å². The molecule has 1 aromatic heterocycles. The molecular formula is C19H26N2O. The first kappa shape index (κ1) is 16.5. The minimum Gasteiger partial charge on any atom is -0.494 e. The molecule has 3 heteroatoms. The summed E-state index contributed by atoms with van der Waals surface area (Å²) >= 11 is 0. The van der Waals surface area contributed by atoms with Crippen molar-refractivity contribution in [3.63, 3.8) is 0 Å². The van der Waals surface area contributed by atoms with Gasteiger partial charge in [-0.2, -0.15) is 0 Å². The first-order valence-electron chi connectivity index (χ1n) is 8.05. The van der Waals surface area contributed by atoms with Crippen molar-refractivity contribution >= 4 is 0 Å². The summed E-state index contributed by atoms with van der Waals surface area (Å²) in [7, 11) is 0. The van der Waals surface area contributed by atoms with E-state index in [1.54, 1.807) is 0 Å². The molecule has 0 amide bonds. The fourth-order valence-electron chi connectivity index (χ4n) is 2.13. The van der Waals surface area contributed by atoms with E-state index in [9.17, 15) is 0 Å². The van der Waals surface area contributed by atoms with Crippen LogP contribution in [0.5, 0.6) is 5.75 Å². The summed E-state index contributed by atoms with van der Waals surface area (Å²) in [6, 6.07) is 12.5. The minimum absolute atomic E-state index is 0.684. The Morgan fingerprint density at radius 3 is 2.59 bits per heavy atom. The molecular weight excluding hydrogens is 272 g/mol. The molecule has 3 nitrogen and oxygen atoms in total. The summed E-state index contributed by atoms with van der Waals surface area (Å²) in [6.07, 6.45) is 5.83. The first-order valence-corrected chi connectivity index (χ1v) is 8.05. The van der Waals surface area contributed by atoms with E-state index >= 15 is 0 Å². The van der Waals surface area contributed by atoms with Gasteiger partial charge < -0.3 is 10.1 Å². The fraction of sp³-hybridized carbons (Fsp3) is 0.421. The zero-order chi connectivity index (χ0) is 15.6. The lowest BCUT2D eigenvalue weighted by atomic mass is 10.1. The van der Waals surface area contributed by atoms with Gasteiger partial charge in [0.15, 0.2) is 0 Å². The van der Waals surface area contributed by atoms with Crippen molar-refractivity contribution in [1.29, 1.82) is 0 Å². The molecule has 0 aliphatic carbocycles. The highest BCUT2D eigenvalue weighted by Gasteiger charge is 1.98. The summed E-state index contributed by atoms with van der Waals surface area (Å²) in [5, 5.41) is 3.46. The van der Waals surface area contributed by atoms with E-state index in [1.807, 2.05) is 18.5 Å². The third-order valence-corrected chi connectivity index (χ3v) is 3.53. The van der Waals surface area contributed by atoms with Crippen molar-refractivity contribution in [3.05, 3.63) is 59.9 Å². The highest BCUT2D eigenvalue weighted by Crippen LogP contribution is 2.13. The maximum atomic E-state index is 5.73. The number of rotatable bonds is 9. The van der Waals surface area contributed by atoms with Gasteiger partial charge in [-0.05, 0) is 54.6 Å². The molecule has 1 aromatic carbocycles. The van der Waals surface area contributed by atoms with Gasteiger partial charge in [0.1, 0.15) is 5.75 Å². The Kier molecular flexibility index (Phi) is 6.91. The molecule has 2 rings (SSSR count). The van der Waals surface area contributed by atoms with E-state index in [1.165, 1.54) is 11.1 Å². The monoisotopic (exact) mass is 298 g/mol. The molecule has 0 aliphatic heterocycles. The Hall–Kier alpha value is -1.87. The molecule has 0 spiro atoms. The van der Waals surface area contributed by atoms with Gasteiger partial charge in [0, 0.05) is 18.9 Å². The lowest BCUT2D eigenvalue weighted by molar-refractivity contribution is 0.289. The highest BCUT2D eigenvalue weighted by atomic mass is 16.5. The maximum Gasteiger partial charge on any atom is 0.119 e. The van der Waals surface area contributed by atoms with Gasteiger partial charge in [0.2, 0.25) is 0 Å². The van der Waals surface area contributed by atoms with Gasteiger partial charge >= 0.3 is 0 Å². The predicted octanol–water partition coefficient (Wildman–Crippen LogP) is 3.84. The molecule has 0 fully saturated rings. The standard InChI is InChI=1S/C19H26N2O/c1-16(2)10-13-22-19-7-5-18(6-8-19)15-21-12-9-17-4-3-11-20-14-17/h3-8,11,14,16,21H,9-10,12-13,15H2,1-2H3. The van der Waals surface area contributed by atoms with E-state index in [-0.39, 0.29) is 0 Å². The van der Waals surface area contributed by atoms with Crippen molar-refractivity contribution in [3.8, 4) is 5.75 Å². The summed E-state index contributed by atoms with van der Waals surface area (Å²) in [6.45, 7) is 7.05. The molecule has 0 aliphatic rings. The summed E-state index contributed by atoms with van der Waals surface area (Å²) in [5.74, 6) is 1.64.